The molecule has 1 rings (SSSR count). The minimum atomic E-state index is -0.802. The van der Waals surface area contributed by atoms with Crippen LogP contribution < -0.4 is 5.32 Å². The van der Waals surface area contributed by atoms with Crippen molar-refractivity contribution in [3.05, 3.63) is 0 Å². The molecule has 2 N–H and O–H groups in total. The van der Waals surface area contributed by atoms with Crippen LogP contribution in [-0.4, -0.2) is 23.5 Å². The molecule has 0 bridgehead atoms. The lowest BCUT2D eigenvalue weighted by Crippen LogP contribution is -2.31. The van der Waals surface area contributed by atoms with Crippen molar-refractivity contribution in [2.24, 2.45) is 5.92 Å². The first-order valence-corrected chi connectivity index (χ1v) is 6.19. The van der Waals surface area contributed by atoms with Gasteiger partial charge in [0.1, 0.15) is 0 Å². The number of hydrogen-bond acceptors (Lipinski definition) is 2. The fourth-order valence-corrected chi connectivity index (χ4v) is 2.14. The Bertz CT molecular complexity index is 232. The molecule has 4 heteroatoms. The number of amides is 1. The number of carbonyl (C=O) groups excluding carboxylic acids is 1. The van der Waals surface area contributed by atoms with Gasteiger partial charge in [-0.05, 0) is 19.3 Å². The van der Waals surface area contributed by atoms with Crippen molar-refractivity contribution in [2.75, 3.05) is 6.54 Å². The second kappa shape index (κ2) is 7.25. The summed E-state index contributed by atoms with van der Waals surface area (Å²) in [5.41, 5.74) is 0. The average molecular weight is 227 g/mol. The molecule has 0 aliphatic heterocycles. The number of aliphatic carboxylic acids is 1. The van der Waals surface area contributed by atoms with Crippen molar-refractivity contribution >= 4 is 11.9 Å². The molecule has 0 heterocycles. The van der Waals surface area contributed by atoms with E-state index in [0.29, 0.717) is 13.0 Å². The van der Waals surface area contributed by atoms with Gasteiger partial charge in [-0.25, -0.2) is 0 Å². The van der Waals surface area contributed by atoms with Crippen LogP contribution in [0.5, 0.6) is 0 Å². The smallest absolute Gasteiger partial charge is 0.303 e. The summed E-state index contributed by atoms with van der Waals surface area (Å²) in [6.45, 7) is 0.488. The fourth-order valence-electron chi connectivity index (χ4n) is 2.14. The van der Waals surface area contributed by atoms with Crippen LogP contribution >= 0.6 is 0 Å². The van der Waals surface area contributed by atoms with Crippen LogP contribution in [0.15, 0.2) is 0 Å². The molecular weight excluding hydrogens is 206 g/mol. The summed E-state index contributed by atoms with van der Waals surface area (Å²) in [6.07, 6.45) is 7.40. The summed E-state index contributed by atoms with van der Waals surface area (Å²) in [4.78, 5) is 22.0. The lowest BCUT2D eigenvalue weighted by atomic mass is 9.99. The first-order valence-electron chi connectivity index (χ1n) is 6.19. The zero-order valence-electron chi connectivity index (χ0n) is 9.71. The van der Waals surface area contributed by atoms with Crippen molar-refractivity contribution in [3.8, 4) is 0 Å². The first-order chi connectivity index (χ1) is 7.70. The third-order valence-corrected chi connectivity index (χ3v) is 3.09. The van der Waals surface area contributed by atoms with Crippen molar-refractivity contribution < 1.29 is 14.7 Å². The second-order valence-electron chi connectivity index (χ2n) is 4.48. The van der Waals surface area contributed by atoms with Crippen LogP contribution in [0.25, 0.3) is 0 Å². The molecule has 0 aromatic carbocycles. The quantitative estimate of drug-likeness (QED) is 0.557. The molecule has 0 aromatic rings. The van der Waals surface area contributed by atoms with Gasteiger partial charge in [-0.15, -0.1) is 0 Å². The molecular formula is C12H21NO3. The summed E-state index contributed by atoms with van der Waals surface area (Å²) in [5, 5.41) is 11.3. The molecule has 1 aliphatic rings. The fraction of sp³-hybridized carbons (Fsp3) is 0.833. The summed E-state index contributed by atoms with van der Waals surface area (Å²) in [6, 6.07) is 0. The van der Waals surface area contributed by atoms with Gasteiger partial charge in [0.15, 0.2) is 0 Å². The molecule has 0 saturated heterocycles. The molecule has 0 atom stereocenters. The number of rotatable bonds is 5. The van der Waals surface area contributed by atoms with E-state index >= 15 is 0 Å². The summed E-state index contributed by atoms with van der Waals surface area (Å²) >= 11 is 0. The van der Waals surface area contributed by atoms with Crippen LogP contribution in [0, 0.1) is 5.92 Å². The summed E-state index contributed by atoms with van der Waals surface area (Å²) in [7, 11) is 0. The van der Waals surface area contributed by atoms with Gasteiger partial charge in [0.2, 0.25) is 5.91 Å². The molecule has 0 radical (unpaired) electrons. The van der Waals surface area contributed by atoms with E-state index in [-0.39, 0.29) is 18.2 Å². The summed E-state index contributed by atoms with van der Waals surface area (Å²) in [5.74, 6) is -0.525. The Kier molecular flexibility index (Phi) is 5.90. The van der Waals surface area contributed by atoms with E-state index in [9.17, 15) is 9.59 Å². The van der Waals surface area contributed by atoms with Gasteiger partial charge in [-0.2, -0.15) is 0 Å². The Morgan fingerprint density at radius 1 is 1.12 bits per heavy atom. The standard InChI is InChI=1S/C12H21NO3/c14-11(15)8-5-9-13-12(16)10-6-3-1-2-4-7-10/h10H,1-9H2,(H,13,16)(H,14,15). The highest BCUT2D eigenvalue weighted by Crippen LogP contribution is 2.22. The summed E-state index contributed by atoms with van der Waals surface area (Å²) < 4.78 is 0. The van der Waals surface area contributed by atoms with Gasteiger partial charge in [-0.3, -0.25) is 9.59 Å². The largest absolute Gasteiger partial charge is 0.481 e. The minimum absolute atomic E-state index is 0.118. The maximum absolute atomic E-state index is 11.7. The highest BCUT2D eigenvalue weighted by Gasteiger charge is 2.19. The maximum atomic E-state index is 11.7. The number of carbonyl (C=O) groups is 2. The zero-order chi connectivity index (χ0) is 11.8. The van der Waals surface area contributed by atoms with E-state index < -0.39 is 5.97 Å². The lowest BCUT2D eigenvalue weighted by molar-refractivity contribution is -0.137. The van der Waals surface area contributed by atoms with E-state index in [0.717, 1.165) is 25.7 Å². The van der Waals surface area contributed by atoms with Crippen molar-refractivity contribution in [2.45, 2.75) is 51.4 Å². The van der Waals surface area contributed by atoms with Crippen molar-refractivity contribution in [1.82, 2.24) is 5.32 Å². The molecule has 16 heavy (non-hydrogen) atoms. The molecule has 4 nitrogen and oxygen atoms in total. The van der Waals surface area contributed by atoms with Crippen molar-refractivity contribution in [1.29, 1.82) is 0 Å². The van der Waals surface area contributed by atoms with E-state index in [2.05, 4.69) is 5.32 Å². The van der Waals surface area contributed by atoms with Gasteiger partial charge in [0.25, 0.3) is 0 Å². The Morgan fingerprint density at radius 3 is 2.31 bits per heavy atom. The molecule has 1 aliphatic carbocycles. The Labute approximate surface area is 96.4 Å². The number of hydrogen-bond donors (Lipinski definition) is 2. The van der Waals surface area contributed by atoms with Crippen LogP contribution in [0.2, 0.25) is 0 Å². The number of nitrogens with one attached hydrogen (secondary N) is 1. The maximum Gasteiger partial charge on any atom is 0.303 e. The Hall–Kier alpha value is -1.06. The molecule has 1 saturated carbocycles. The molecule has 0 unspecified atom stereocenters. The third-order valence-electron chi connectivity index (χ3n) is 3.09. The van der Waals surface area contributed by atoms with Gasteiger partial charge >= 0.3 is 5.97 Å². The van der Waals surface area contributed by atoms with Crippen LogP contribution in [0.3, 0.4) is 0 Å². The van der Waals surface area contributed by atoms with E-state index in [1.807, 2.05) is 0 Å². The predicted octanol–water partition coefficient (Wildman–Crippen LogP) is 1.94. The van der Waals surface area contributed by atoms with Crippen molar-refractivity contribution in [3.63, 3.8) is 0 Å². The highest BCUT2D eigenvalue weighted by atomic mass is 16.4. The molecule has 0 aromatic heterocycles. The highest BCUT2D eigenvalue weighted by molar-refractivity contribution is 5.78. The Morgan fingerprint density at radius 2 is 1.75 bits per heavy atom. The van der Waals surface area contributed by atoms with Crippen LogP contribution in [-0.2, 0) is 9.59 Å². The Balaban J connectivity index is 2.15. The average Bonchev–Trinajstić information content (AvgIpc) is 2.52. The number of carboxylic acids is 1. The normalized spacial score (nSPS) is 17.8. The molecule has 1 fully saturated rings. The van der Waals surface area contributed by atoms with Crippen LogP contribution in [0.4, 0.5) is 0 Å². The van der Waals surface area contributed by atoms with E-state index in [4.69, 9.17) is 5.11 Å². The van der Waals surface area contributed by atoms with Crippen LogP contribution in [0.1, 0.15) is 51.4 Å². The molecule has 0 spiro atoms. The lowest BCUT2D eigenvalue weighted by Gasteiger charge is -2.13. The van der Waals surface area contributed by atoms with Gasteiger partial charge < -0.3 is 10.4 Å². The molecule has 92 valence electrons. The van der Waals surface area contributed by atoms with Gasteiger partial charge in [0, 0.05) is 18.9 Å². The minimum Gasteiger partial charge on any atom is -0.481 e. The second-order valence-corrected chi connectivity index (χ2v) is 4.48. The monoisotopic (exact) mass is 227 g/mol. The number of carboxylic acid groups (broad SMARTS) is 1. The predicted molar refractivity (Wildman–Crippen MR) is 61.1 cm³/mol. The SMILES string of the molecule is O=C(O)CCCNC(=O)C1CCCCCC1. The topological polar surface area (TPSA) is 66.4 Å². The van der Waals surface area contributed by atoms with E-state index in [1.165, 1.54) is 12.8 Å². The van der Waals surface area contributed by atoms with E-state index in [1.54, 1.807) is 0 Å². The van der Waals surface area contributed by atoms with Gasteiger partial charge in [-0.1, -0.05) is 25.7 Å². The zero-order valence-corrected chi connectivity index (χ0v) is 9.71. The van der Waals surface area contributed by atoms with Gasteiger partial charge in [0.05, 0.1) is 0 Å². The first kappa shape index (κ1) is 13.0. The molecule has 1 amide bonds. The third kappa shape index (κ3) is 5.14.